The Balaban J connectivity index is 0.00000144. The van der Waals surface area contributed by atoms with Crippen LogP contribution in [0.1, 0.15) is 13.3 Å². The number of furan rings is 1. The van der Waals surface area contributed by atoms with E-state index in [9.17, 15) is 8.42 Å². The lowest BCUT2D eigenvalue weighted by atomic mass is 10.0. The molecule has 17 heavy (non-hydrogen) atoms. The Morgan fingerprint density at radius 3 is 2.76 bits per heavy atom. The molecule has 7 heteroatoms. The van der Waals surface area contributed by atoms with Gasteiger partial charge in [0.25, 0.3) is 10.0 Å². The van der Waals surface area contributed by atoms with E-state index in [-0.39, 0.29) is 29.5 Å². The largest absolute Gasteiger partial charge is 0.452 e. The lowest BCUT2D eigenvalue weighted by Crippen LogP contribution is -2.32. The fourth-order valence-electron chi connectivity index (χ4n) is 1.94. The average Bonchev–Trinajstić information content (AvgIpc) is 2.90. The van der Waals surface area contributed by atoms with E-state index in [0.29, 0.717) is 13.1 Å². The Hall–Kier alpha value is -0.560. The van der Waals surface area contributed by atoms with E-state index in [2.05, 4.69) is 0 Å². The van der Waals surface area contributed by atoms with Crippen molar-refractivity contribution in [1.82, 2.24) is 4.31 Å². The molecule has 0 aliphatic carbocycles. The molecule has 2 unspecified atom stereocenters. The normalized spacial score (nSPS) is 23.3. The van der Waals surface area contributed by atoms with Gasteiger partial charge in [-0.1, -0.05) is 0 Å². The van der Waals surface area contributed by atoms with E-state index >= 15 is 0 Å². The smallest absolute Gasteiger partial charge is 0.276 e. The van der Waals surface area contributed by atoms with Crippen molar-refractivity contribution in [3.8, 4) is 0 Å². The molecule has 1 saturated heterocycles. The molecular formula is C10H17ClN2O3S. The maximum absolute atomic E-state index is 12.1. The van der Waals surface area contributed by atoms with Crippen molar-refractivity contribution < 1.29 is 12.8 Å². The Bertz CT molecular complexity index is 444. The van der Waals surface area contributed by atoms with E-state index in [0.717, 1.165) is 6.42 Å². The van der Waals surface area contributed by atoms with Crippen LogP contribution in [0, 0.1) is 5.92 Å². The molecule has 1 aromatic heterocycles. The van der Waals surface area contributed by atoms with Crippen LogP contribution in [0.3, 0.4) is 0 Å². The summed E-state index contributed by atoms with van der Waals surface area (Å²) in [5, 5.41) is 0.0119. The minimum absolute atomic E-state index is 0. The van der Waals surface area contributed by atoms with Crippen LogP contribution in [0.5, 0.6) is 0 Å². The van der Waals surface area contributed by atoms with E-state index in [4.69, 9.17) is 10.2 Å². The third-order valence-corrected chi connectivity index (χ3v) is 4.77. The highest BCUT2D eigenvalue weighted by Gasteiger charge is 2.35. The highest BCUT2D eigenvalue weighted by Crippen LogP contribution is 2.25. The quantitative estimate of drug-likeness (QED) is 0.898. The zero-order chi connectivity index (χ0) is 11.8. The molecule has 0 bridgehead atoms. The minimum Gasteiger partial charge on any atom is -0.452 e. The molecule has 0 aromatic carbocycles. The van der Waals surface area contributed by atoms with Crippen LogP contribution >= 0.6 is 12.4 Å². The zero-order valence-electron chi connectivity index (χ0n) is 9.57. The van der Waals surface area contributed by atoms with Crippen molar-refractivity contribution in [2.45, 2.75) is 24.5 Å². The topological polar surface area (TPSA) is 76.5 Å². The monoisotopic (exact) mass is 280 g/mol. The number of sulfonamides is 1. The third-order valence-electron chi connectivity index (χ3n) is 3.02. The van der Waals surface area contributed by atoms with Crippen molar-refractivity contribution >= 4 is 22.4 Å². The molecule has 2 rings (SSSR count). The van der Waals surface area contributed by atoms with Gasteiger partial charge in [0.05, 0.1) is 6.26 Å². The summed E-state index contributed by atoms with van der Waals surface area (Å²) in [7, 11) is -3.45. The molecule has 98 valence electrons. The van der Waals surface area contributed by atoms with Gasteiger partial charge in [0.2, 0.25) is 5.09 Å². The minimum atomic E-state index is -3.45. The van der Waals surface area contributed by atoms with Gasteiger partial charge in [0.1, 0.15) is 0 Å². The molecule has 0 saturated carbocycles. The van der Waals surface area contributed by atoms with Gasteiger partial charge in [-0.15, -0.1) is 12.4 Å². The molecule has 2 atom stereocenters. The van der Waals surface area contributed by atoms with Crippen LogP contribution in [-0.4, -0.2) is 31.9 Å². The molecule has 0 radical (unpaired) electrons. The van der Waals surface area contributed by atoms with Gasteiger partial charge in [0.15, 0.2) is 0 Å². The number of hydrogen-bond acceptors (Lipinski definition) is 4. The first kappa shape index (κ1) is 14.5. The van der Waals surface area contributed by atoms with E-state index in [1.54, 1.807) is 6.07 Å². The van der Waals surface area contributed by atoms with Crippen LogP contribution in [0.4, 0.5) is 0 Å². The molecule has 5 nitrogen and oxygen atoms in total. The standard InChI is InChI=1S/C10H16N2O3S.ClH/c1-8(11)9-4-5-12(7-9)16(13,14)10-3-2-6-15-10;/h2-3,6,8-9H,4-5,7,11H2,1H3;1H. The molecule has 2 heterocycles. The fourth-order valence-corrected chi connectivity index (χ4v) is 3.35. The van der Waals surface area contributed by atoms with Crippen molar-refractivity contribution in [2.75, 3.05) is 13.1 Å². The van der Waals surface area contributed by atoms with Gasteiger partial charge in [0, 0.05) is 19.1 Å². The Labute approximate surface area is 107 Å². The Kier molecular flexibility index (Phi) is 4.60. The second-order valence-electron chi connectivity index (χ2n) is 4.20. The summed E-state index contributed by atoms with van der Waals surface area (Å²) in [6.07, 6.45) is 2.18. The molecule has 0 amide bonds. The first-order chi connectivity index (χ1) is 7.51. The molecular weight excluding hydrogens is 264 g/mol. The van der Waals surface area contributed by atoms with Gasteiger partial charge in [-0.25, -0.2) is 8.42 Å². The molecule has 0 spiro atoms. The van der Waals surface area contributed by atoms with Gasteiger partial charge in [-0.05, 0) is 31.4 Å². The second kappa shape index (κ2) is 5.39. The van der Waals surface area contributed by atoms with Gasteiger partial charge in [-0.3, -0.25) is 0 Å². The molecule has 1 aliphatic rings. The lowest BCUT2D eigenvalue weighted by molar-refractivity contribution is 0.396. The predicted molar refractivity (Wildman–Crippen MR) is 66.5 cm³/mol. The molecule has 1 aliphatic heterocycles. The van der Waals surface area contributed by atoms with Crippen molar-refractivity contribution in [3.05, 3.63) is 18.4 Å². The Morgan fingerprint density at radius 1 is 1.59 bits per heavy atom. The van der Waals surface area contributed by atoms with E-state index in [1.165, 1.54) is 16.6 Å². The van der Waals surface area contributed by atoms with Crippen LogP contribution in [0.2, 0.25) is 0 Å². The van der Waals surface area contributed by atoms with Crippen molar-refractivity contribution in [3.63, 3.8) is 0 Å². The number of nitrogens with zero attached hydrogens (tertiary/aromatic N) is 1. The number of rotatable bonds is 3. The summed E-state index contributed by atoms with van der Waals surface area (Å²) in [4.78, 5) is 0. The zero-order valence-corrected chi connectivity index (χ0v) is 11.2. The highest BCUT2D eigenvalue weighted by molar-refractivity contribution is 7.89. The van der Waals surface area contributed by atoms with Crippen molar-refractivity contribution in [2.24, 2.45) is 11.7 Å². The lowest BCUT2D eigenvalue weighted by Gasteiger charge is -2.16. The summed E-state index contributed by atoms with van der Waals surface area (Å²) >= 11 is 0. The highest BCUT2D eigenvalue weighted by atomic mass is 35.5. The molecule has 1 aromatic rings. The Morgan fingerprint density at radius 2 is 2.29 bits per heavy atom. The molecule has 1 fully saturated rings. The fraction of sp³-hybridized carbons (Fsp3) is 0.600. The van der Waals surface area contributed by atoms with Gasteiger partial charge < -0.3 is 10.2 Å². The summed E-state index contributed by atoms with van der Waals surface area (Å²) in [5.41, 5.74) is 5.78. The van der Waals surface area contributed by atoms with Crippen LogP contribution in [-0.2, 0) is 10.0 Å². The summed E-state index contributed by atoms with van der Waals surface area (Å²) in [6.45, 7) is 2.92. The maximum Gasteiger partial charge on any atom is 0.276 e. The number of hydrogen-bond donors (Lipinski definition) is 1. The van der Waals surface area contributed by atoms with Gasteiger partial charge >= 0.3 is 0 Å². The predicted octanol–water partition coefficient (Wildman–Crippen LogP) is 1.06. The van der Waals surface area contributed by atoms with E-state index in [1.807, 2.05) is 6.92 Å². The first-order valence-electron chi connectivity index (χ1n) is 5.31. The van der Waals surface area contributed by atoms with Crippen molar-refractivity contribution in [1.29, 1.82) is 0 Å². The SMILES string of the molecule is CC(N)C1CCN(S(=O)(=O)c2ccco2)C1.Cl. The van der Waals surface area contributed by atoms with Crippen LogP contribution in [0.15, 0.2) is 27.9 Å². The molecule has 2 N–H and O–H groups in total. The first-order valence-corrected chi connectivity index (χ1v) is 6.75. The van der Waals surface area contributed by atoms with Gasteiger partial charge in [-0.2, -0.15) is 4.31 Å². The number of nitrogens with two attached hydrogens (primary N) is 1. The average molecular weight is 281 g/mol. The summed E-state index contributed by atoms with van der Waals surface area (Å²) < 4.78 is 30.5. The maximum atomic E-state index is 12.1. The third kappa shape index (κ3) is 2.82. The summed E-state index contributed by atoms with van der Waals surface area (Å²) in [5.74, 6) is 0.240. The van der Waals surface area contributed by atoms with E-state index < -0.39 is 10.0 Å². The summed E-state index contributed by atoms with van der Waals surface area (Å²) in [6, 6.07) is 3.07. The second-order valence-corrected chi connectivity index (χ2v) is 6.07. The number of halogens is 1. The van der Waals surface area contributed by atoms with Crippen LogP contribution in [0.25, 0.3) is 0 Å². The van der Waals surface area contributed by atoms with Crippen LogP contribution < -0.4 is 5.73 Å².